The third-order valence-electron chi connectivity index (χ3n) is 5.21. The summed E-state index contributed by atoms with van der Waals surface area (Å²) in [7, 11) is 0. The summed E-state index contributed by atoms with van der Waals surface area (Å²) in [6.07, 6.45) is 5.34. The van der Waals surface area contributed by atoms with Crippen molar-refractivity contribution in [2.75, 3.05) is 0 Å². The number of carbonyl (C=O) groups excluding carboxylic acids is 2. The van der Waals surface area contributed by atoms with Gasteiger partial charge in [-0.15, -0.1) is 10.2 Å². The van der Waals surface area contributed by atoms with Crippen LogP contribution in [0.1, 0.15) is 42.6 Å². The second-order valence-corrected chi connectivity index (χ2v) is 8.49. The first-order valence-corrected chi connectivity index (χ1v) is 10.4. The van der Waals surface area contributed by atoms with E-state index in [2.05, 4.69) is 44.9 Å². The Kier molecular flexibility index (Phi) is 5.52. The molecule has 166 valence electrons. The Balaban J connectivity index is 1.46. The zero-order valence-corrected chi connectivity index (χ0v) is 18.2. The molecule has 4 rings (SSSR count). The molecule has 1 aromatic carbocycles. The van der Waals surface area contributed by atoms with Crippen molar-refractivity contribution in [3.8, 4) is 0 Å². The number of hydrogen-bond donors (Lipinski definition) is 4. The van der Waals surface area contributed by atoms with E-state index in [4.69, 9.17) is 5.73 Å². The monoisotopic (exact) mass is 434 g/mol. The fourth-order valence-electron chi connectivity index (χ4n) is 3.52. The molecule has 0 saturated carbocycles. The van der Waals surface area contributed by atoms with Crippen LogP contribution in [0.15, 0.2) is 42.6 Å². The molecule has 3 heterocycles. The highest BCUT2D eigenvalue weighted by atomic mass is 16.2. The Morgan fingerprint density at radius 1 is 1.28 bits per heavy atom. The average molecular weight is 435 g/mol. The molecular weight excluding hydrogens is 408 g/mol. The summed E-state index contributed by atoms with van der Waals surface area (Å²) in [5.74, 6) is 0.170. The zero-order chi connectivity index (χ0) is 22.9. The third-order valence-corrected chi connectivity index (χ3v) is 5.21. The molecule has 5 N–H and O–H groups in total. The predicted molar refractivity (Wildman–Crippen MR) is 120 cm³/mol. The molecule has 2 aromatic heterocycles. The van der Waals surface area contributed by atoms with Gasteiger partial charge in [0.1, 0.15) is 11.2 Å². The molecule has 3 aromatic rings. The SMILES string of the molecule is CC(C)Cn1nnc(C2=CC(C)(C(=O)NCc3ccc4cc(C(N)=O)[nH]c4c3)NC=C2)n1. The molecule has 1 atom stereocenters. The molecular formula is C22H26N8O2. The predicted octanol–water partition coefficient (Wildman–Crippen LogP) is 1.48. The largest absolute Gasteiger partial charge is 0.374 e. The van der Waals surface area contributed by atoms with Gasteiger partial charge >= 0.3 is 0 Å². The fraction of sp³-hybridized carbons (Fsp3) is 0.318. The number of tetrazole rings is 1. The number of benzene rings is 1. The maximum absolute atomic E-state index is 13.0. The quantitative estimate of drug-likeness (QED) is 0.443. The van der Waals surface area contributed by atoms with Crippen LogP contribution in [0, 0.1) is 5.92 Å². The third kappa shape index (κ3) is 4.39. The van der Waals surface area contributed by atoms with Crippen molar-refractivity contribution in [3.05, 3.63) is 59.7 Å². The lowest BCUT2D eigenvalue weighted by atomic mass is 9.94. The minimum atomic E-state index is -0.969. The van der Waals surface area contributed by atoms with E-state index >= 15 is 0 Å². The van der Waals surface area contributed by atoms with E-state index in [0.29, 0.717) is 30.5 Å². The first-order chi connectivity index (χ1) is 15.2. The van der Waals surface area contributed by atoms with Gasteiger partial charge in [0, 0.05) is 23.0 Å². The summed E-state index contributed by atoms with van der Waals surface area (Å²) in [5, 5.41) is 19.6. The highest BCUT2D eigenvalue weighted by molar-refractivity contribution is 5.97. The first-order valence-electron chi connectivity index (χ1n) is 10.4. The van der Waals surface area contributed by atoms with Gasteiger partial charge in [0.15, 0.2) is 0 Å². The maximum Gasteiger partial charge on any atom is 0.265 e. The highest BCUT2D eigenvalue weighted by Gasteiger charge is 2.32. The lowest BCUT2D eigenvalue weighted by molar-refractivity contribution is -0.125. The van der Waals surface area contributed by atoms with Crippen LogP contribution in [0.2, 0.25) is 0 Å². The van der Waals surface area contributed by atoms with E-state index < -0.39 is 11.4 Å². The van der Waals surface area contributed by atoms with E-state index in [0.717, 1.165) is 22.0 Å². The molecule has 2 amide bonds. The molecule has 0 aliphatic carbocycles. The van der Waals surface area contributed by atoms with Crippen LogP contribution in [-0.2, 0) is 17.9 Å². The number of H-pyrrole nitrogens is 1. The van der Waals surface area contributed by atoms with Crippen molar-refractivity contribution in [2.45, 2.75) is 39.4 Å². The summed E-state index contributed by atoms with van der Waals surface area (Å²) in [4.78, 5) is 28.9. The van der Waals surface area contributed by atoms with E-state index in [9.17, 15) is 9.59 Å². The standard InChI is InChI=1S/C22H26N8O2/c1-13(2)12-30-28-20(27-29-30)16-6-7-25-22(3,10-16)21(32)24-11-14-4-5-15-9-18(19(23)31)26-17(15)8-14/h4-10,13,25-26H,11-12H2,1-3H3,(H2,23,31)(H,24,32). The van der Waals surface area contributed by atoms with Crippen LogP contribution in [0.4, 0.5) is 0 Å². The lowest BCUT2D eigenvalue weighted by Crippen LogP contribution is -2.52. The van der Waals surface area contributed by atoms with Gasteiger partial charge in [-0.1, -0.05) is 26.0 Å². The normalized spacial score (nSPS) is 17.9. The van der Waals surface area contributed by atoms with Gasteiger partial charge < -0.3 is 21.4 Å². The molecule has 1 unspecified atom stereocenters. The number of aromatic amines is 1. The number of primary amides is 1. The van der Waals surface area contributed by atoms with Crippen LogP contribution in [0.5, 0.6) is 0 Å². The Labute approximate surface area is 184 Å². The van der Waals surface area contributed by atoms with Crippen molar-refractivity contribution in [3.63, 3.8) is 0 Å². The number of nitrogens with one attached hydrogen (secondary N) is 3. The summed E-state index contributed by atoms with van der Waals surface area (Å²) in [5.41, 5.74) is 7.11. The Morgan fingerprint density at radius 3 is 2.84 bits per heavy atom. The number of carbonyl (C=O) groups is 2. The van der Waals surface area contributed by atoms with Crippen molar-refractivity contribution in [2.24, 2.45) is 11.7 Å². The number of hydrogen-bond acceptors (Lipinski definition) is 6. The molecule has 1 aliphatic rings. The summed E-state index contributed by atoms with van der Waals surface area (Å²) < 4.78 is 0. The Morgan fingerprint density at radius 2 is 2.09 bits per heavy atom. The van der Waals surface area contributed by atoms with Gasteiger partial charge in [0.2, 0.25) is 11.7 Å². The van der Waals surface area contributed by atoms with Crippen molar-refractivity contribution < 1.29 is 9.59 Å². The number of nitrogens with zero attached hydrogens (tertiary/aromatic N) is 4. The number of rotatable bonds is 7. The van der Waals surface area contributed by atoms with Crippen LogP contribution in [0.25, 0.3) is 16.5 Å². The topological polar surface area (TPSA) is 144 Å². The van der Waals surface area contributed by atoms with Crippen LogP contribution in [-0.4, -0.2) is 42.5 Å². The van der Waals surface area contributed by atoms with Gasteiger partial charge in [-0.3, -0.25) is 9.59 Å². The van der Waals surface area contributed by atoms with Gasteiger partial charge in [-0.2, -0.15) is 4.80 Å². The van der Waals surface area contributed by atoms with Crippen LogP contribution >= 0.6 is 0 Å². The number of aromatic nitrogens is 5. The molecule has 10 nitrogen and oxygen atoms in total. The average Bonchev–Trinajstić information content (AvgIpc) is 3.38. The molecule has 0 radical (unpaired) electrons. The molecule has 0 spiro atoms. The fourth-order valence-corrected chi connectivity index (χ4v) is 3.52. The number of nitrogens with two attached hydrogens (primary N) is 1. The highest BCUT2D eigenvalue weighted by Crippen LogP contribution is 2.22. The number of dihydropyridines is 1. The molecule has 0 saturated heterocycles. The van der Waals surface area contributed by atoms with Crippen molar-refractivity contribution >= 4 is 28.3 Å². The summed E-state index contributed by atoms with van der Waals surface area (Å²) in [6, 6.07) is 7.37. The smallest absolute Gasteiger partial charge is 0.265 e. The number of fused-ring (bicyclic) bond motifs is 1. The second kappa shape index (κ2) is 8.29. The Hall–Kier alpha value is -3.95. The molecule has 10 heteroatoms. The van der Waals surface area contributed by atoms with E-state index in [1.165, 1.54) is 0 Å². The maximum atomic E-state index is 13.0. The second-order valence-electron chi connectivity index (χ2n) is 8.49. The summed E-state index contributed by atoms with van der Waals surface area (Å²) >= 11 is 0. The van der Waals surface area contributed by atoms with Gasteiger partial charge in [-0.05, 0) is 54.1 Å². The zero-order valence-electron chi connectivity index (χ0n) is 18.2. The van der Waals surface area contributed by atoms with Crippen LogP contribution in [0.3, 0.4) is 0 Å². The molecule has 32 heavy (non-hydrogen) atoms. The first kappa shape index (κ1) is 21.3. The van der Waals surface area contributed by atoms with Gasteiger partial charge in [0.25, 0.3) is 5.91 Å². The molecule has 1 aliphatic heterocycles. The number of allylic oxidation sites excluding steroid dienone is 2. The summed E-state index contributed by atoms with van der Waals surface area (Å²) in [6.45, 7) is 6.95. The van der Waals surface area contributed by atoms with Crippen molar-refractivity contribution in [1.82, 2.24) is 35.8 Å². The Bertz CT molecular complexity index is 1240. The number of amides is 2. The van der Waals surface area contributed by atoms with Crippen LogP contribution < -0.4 is 16.4 Å². The van der Waals surface area contributed by atoms with E-state index in [1.54, 1.807) is 30.1 Å². The van der Waals surface area contributed by atoms with E-state index in [-0.39, 0.29) is 5.91 Å². The minimum absolute atomic E-state index is 0.196. The van der Waals surface area contributed by atoms with Gasteiger partial charge in [0.05, 0.1) is 6.54 Å². The van der Waals surface area contributed by atoms with Crippen molar-refractivity contribution in [1.29, 1.82) is 0 Å². The minimum Gasteiger partial charge on any atom is -0.374 e. The molecule has 0 bridgehead atoms. The molecule has 0 fully saturated rings. The van der Waals surface area contributed by atoms with E-state index in [1.807, 2.05) is 24.3 Å². The van der Waals surface area contributed by atoms with Gasteiger partial charge in [-0.25, -0.2) is 0 Å². The lowest BCUT2D eigenvalue weighted by Gasteiger charge is -2.28.